The zero-order valence-corrected chi connectivity index (χ0v) is 11.4. The van der Waals surface area contributed by atoms with Gasteiger partial charge in [-0.15, -0.1) is 0 Å². The van der Waals surface area contributed by atoms with Crippen LogP contribution in [0.5, 0.6) is 0 Å². The largest absolute Gasteiger partial charge is 0.381 e. The molecule has 0 spiro atoms. The second kappa shape index (κ2) is 5.65. The molecule has 0 bridgehead atoms. The molecule has 1 heterocycles. The summed E-state index contributed by atoms with van der Waals surface area (Å²) in [5.41, 5.74) is 1.82. The van der Waals surface area contributed by atoms with Crippen LogP contribution >= 0.6 is 15.9 Å². The summed E-state index contributed by atoms with van der Waals surface area (Å²) in [6, 6.07) is 6.36. The first kappa shape index (κ1) is 12.6. The second-order valence-corrected chi connectivity index (χ2v) is 5.13. The van der Waals surface area contributed by atoms with Crippen LogP contribution in [0.15, 0.2) is 22.7 Å². The van der Waals surface area contributed by atoms with Gasteiger partial charge in [0.2, 0.25) is 0 Å². The average Bonchev–Trinajstić information content (AvgIpc) is 2.39. The average molecular weight is 298 g/mol. The minimum absolute atomic E-state index is 0.526. The number of carbonyl (C=O) groups is 1. The van der Waals surface area contributed by atoms with Crippen molar-refractivity contribution in [2.24, 2.45) is 0 Å². The fraction of sp³-hybridized carbons (Fsp3) is 0.462. The summed E-state index contributed by atoms with van der Waals surface area (Å²) in [6.07, 6.45) is 2.98. The van der Waals surface area contributed by atoms with Crippen LogP contribution in [0.3, 0.4) is 0 Å². The van der Waals surface area contributed by atoms with Crippen LogP contribution in [0.25, 0.3) is 0 Å². The lowest BCUT2D eigenvalue weighted by atomic mass is 10.1. The van der Waals surface area contributed by atoms with Gasteiger partial charge in [-0.25, -0.2) is 0 Å². The van der Waals surface area contributed by atoms with Gasteiger partial charge >= 0.3 is 0 Å². The smallest absolute Gasteiger partial charge is 0.151 e. The van der Waals surface area contributed by atoms with Gasteiger partial charge in [0.05, 0.1) is 0 Å². The van der Waals surface area contributed by atoms with Gasteiger partial charge in [0.1, 0.15) is 0 Å². The monoisotopic (exact) mass is 297 g/mol. The molecule has 4 heteroatoms. The van der Waals surface area contributed by atoms with Crippen LogP contribution in [0.4, 0.5) is 5.69 Å². The number of hydrogen-bond donors (Lipinski definition) is 0. The first-order valence-corrected chi connectivity index (χ1v) is 6.57. The number of hydrogen-bond acceptors (Lipinski definition) is 3. The standard InChI is InChI=1S/C13H16BrNO2/c1-15(11-4-6-17-7-5-11)12-3-2-10(9-16)13(14)8-12/h2-3,8-9,11H,4-7H2,1H3. The van der Waals surface area contributed by atoms with E-state index in [2.05, 4.69) is 27.9 Å². The van der Waals surface area contributed by atoms with Crippen molar-refractivity contribution < 1.29 is 9.53 Å². The molecule has 0 N–H and O–H groups in total. The molecule has 0 saturated carbocycles. The van der Waals surface area contributed by atoms with Crippen molar-refractivity contribution in [3.8, 4) is 0 Å². The van der Waals surface area contributed by atoms with Crippen molar-refractivity contribution in [3.63, 3.8) is 0 Å². The molecule has 0 radical (unpaired) electrons. The topological polar surface area (TPSA) is 29.5 Å². The Labute approximate surface area is 110 Å². The highest BCUT2D eigenvalue weighted by Crippen LogP contribution is 2.26. The Balaban J connectivity index is 2.15. The van der Waals surface area contributed by atoms with E-state index in [-0.39, 0.29) is 0 Å². The third-order valence-electron chi connectivity index (χ3n) is 3.26. The van der Waals surface area contributed by atoms with E-state index in [9.17, 15) is 4.79 Å². The van der Waals surface area contributed by atoms with Crippen molar-refractivity contribution in [2.75, 3.05) is 25.2 Å². The lowest BCUT2D eigenvalue weighted by Gasteiger charge is -2.33. The van der Waals surface area contributed by atoms with Crippen molar-refractivity contribution in [2.45, 2.75) is 18.9 Å². The maximum Gasteiger partial charge on any atom is 0.151 e. The van der Waals surface area contributed by atoms with E-state index >= 15 is 0 Å². The molecule has 0 aliphatic carbocycles. The van der Waals surface area contributed by atoms with E-state index in [4.69, 9.17) is 4.74 Å². The van der Waals surface area contributed by atoms with Gasteiger partial charge in [0, 0.05) is 42.0 Å². The molecule has 1 fully saturated rings. The zero-order valence-electron chi connectivity index (χ0n) is 9.86. The van der Waals surface area contributed by atoms with Crippen LogP contribution in [0.2, 0.25) is 0 Å². The van der Waals surface area contributed by atoms with Crippen molar-refractivity contribution >= 4 is 27.9 Å². The summed E-state index contributed by atoms with van der Waals surface area (Å²) < 4.78 is 6.21. The highest BCUT2D eigenvalue weighted by Gasteiger charge is 2.19. The van der Waals surface area contributed by atoms with E-state index in [1.165, 1.54) is 0 Å². The quantitative estimate of drug-likeness (QED) is 0.804. The van der Waals surface area contributed by atoms with Crippen LogP contribution in [0.1, 0.15) is 23.2 Å². The Morgan fingerprint density at radius 2 is 2.12 bits per heavy atom. The van der Waals surface area contributed by atoms with Gasteiger partial charge in [0.15, 0.2) is 6.29 Å². The van der Waals surface area contributed by atoms with Crippen LogP contribution in [0, 0.1) is 0 Å². The van der Waals surface area contributed by atoms with Gasteiger partial charge in [0.25, 0.3) is 0 Å². The molecule has 0 atom stereocenters. The molecular weight excluding hydrogens is 282 g/mol. The van der Waals surface area contributed by atoms with Crippen LogP contribution in [-0.2, 0) is 4.74 Å². The molecule has 3 nitrogen and oxygen atoms in total. The SMILES string of the molecule is CN(c1ccc(C=O)c(Br)c1)C1CCOCC1. The molecule has 0 aromatic heterocycles. The van der Waals surface area contributed by atoms with Crippen molar-refractivity contribution in [1.82, 2.24) is 0 Å². The minimum Gasteiger partial charge on any atom is -0.381 e. The predicted molar refractivity (Wildman–Crippen MR) is 71.8 cm³/mol. The third kappa shape index (κ3) is 2.87. The van der Waals surface area contributed by atoms with Gasteiger partial charge in [-0.05, 0) is 47.0 Å². The van der Waals surface area contributed by atoms with E-state index in [0.717, 1.165) is 42.5 Å². The predicted octanol–water partition coefficient (Wildman–Crippen LogP) is 2.88. The summed E-state index contributed by atoms with van der Waals surface area (Å²) >= 11 is 3.42. The summed E-state index contributed by atoms with van der Waals surface area (Å²) in [5, 5.41) is 0. The molecule has 1 aliphatic heterocycles. The lowest BCUT2D eigenvalue weighted by Crippen LogP contribution is -2.36. The Morgan fingerprint density at radius 3 is 2.71 bits per heavy atom. The van der Waals surface area contributed by atoms with Gasteiger partial charge in [-0.2, -0.15) is 0 Å². The van der Waals surface area contributed by atoms with E-state index in [0.29, 0.717) is 11.6 Å². The summed E-state index contributed by atoms with van der Waals surface area (Å²) in [4.78, 5) is 13.0. The Kier molecular flexibility index (Phi) is 4.18. The number of ether oxygens (including phenoxy) is 1. The number of halogens is 1. The number of anilines is 1. The van der Waals surface area contributed by atoms with E-state index in [1.54, 1.807) is 0 Å². The van der Waals surface area contributed by atoms with Gasteiger partial charge < -0.3 is 9.64 Å². The lowest BCUT2D eigenvalue weighted by molar-refractivity contribution is 0.0855. The van der Waals surface area contributed by atoms with E-state index in [1.807, 2.05) is 18.2 Å². The number of benzene rings is 1. The van der Waals surface area contributed by atoms with Crippen LogP contribution in [-0.4, -0.2) is 32.6 Å². The molecule has 1 aliphatic rings. The van der Waals surface area contributed by atoms with Crippen molar-refractivity contribution in [1.29, 1.82) is 0 Å². The molecule has 2 rings (SSSR count). The van der Waals surface area contributed by atoms with Gasteiger partial charge in [-0.3, -0.25) is 4.79 Å². The number of rotatable bonds is 3. The fourth-order valence-corrected chi connectivity index (χ4v) is 2.57. The van der Waals surface area contributed by atoms with E-state index < -0.39 is 0 Å². The molecule has 1 aromatic rings. The molecule has 92 valence electrons. The Hall–Kier alpha value is -0.870. The van der Waals surface area contributed by atoms with Gasteiger partial charge in [-0.1, -0.05) is 0 Å². The first-order chi connectivity index (χ1) is 8.22. The molecular formula is C13H16BrNO2. The normalized spacial score (nSPS) is 16.8. The maximum absolute atomic E-state index is 10.8. The Bertz CT molecular complexity index is 402. The minimum atomic E-state index is 0.526. The van der Waals surface area contributed by atoms with Crippen molar-refractivity contribution in [3.05, 3.63) is 28.2 Å². The number of aldehydes is 1. The molecule has 0 amide bonds. The fourth-order valence-electron chi connectivity index (χ4n) is 2.11. The van der Waals surface area contributed by atoms with Crippen LogP contribution < -0.4 is 4.90 Å². The molecule has 0 unspecified atom stereocenters. The Morgan fingerprint density at radius 1 is 1.41 bits per heavy atom. The number of nitrogens with zero attached hydrogens (tertiary/aromatic N) is 1. The highest BCUT2D eigenvalue weighted by molar-refractivity contribution is 9.10. The number of carbonyl (C=O) groups excluding carboxylic acids is 1. The molecule has 1 aromatic carbocycles. The molecule has 17 heavy (non-hydrogen) atoms. The second-order valence-electron chi connectivity index (χ2n) is 4.28. The highest BCUT2D eigenvalue weighted by atomic mass is 79.9. The zero-order chi connectivity index (χ0) is 12.3. The third-order valence-corrected chi connectivity index (χ3v) is 3.94. The summed E-state index contributed by atoms with van der Waals surface area (Å²) in [5.74, 6) is 0. The first-order valence-electron chi connectivity index (χ1n) is 5.77. The summed E-state index contributed by atoms with van der Waals surface area (Å²) in [7, 11) is 2.10. The maximum atomic E-state index is 10.8. The summed E-state index contributed by atoms with van der Waals surface area (Å²) in [6.45, 7) is 1.67. The molecule has 1 saturated heterocycles.